The SMILES string of the molecule is CN1CCN(CCCCCCCCSc2ccc(C=O)c(CN(C)C3CCC(=O)NC3=O)c2)CC1. The molecule has 2 amide bonds. The molecule has 1 aromatic carbocycles. The van der Waals surface area contributed by atoms with Gasteiger partial charge in [-0.15, -0.1) is 11.8 Å². The normalized spacial score (nSPS) is 19.8. The van der Waals surface area contributed by atoms with E-state index < -0.39 is 0 Å². The number of piperidine rings is 1. The van der Waals surface area contributed by atoms with E-state index in [1.807, 2.05) is 35.8 Å². The van der Waals surface area contributed by atoms with Gasteiger partial charge in [0.1, 0.15) is 6.29 Å². The Morgan fingerprint density at radius 1 is 1.06 bits per heavy atom. The van der Waals surface area contributed by atoms with Crippen molar-refractivity contribution in [3.8, 4) is 0 Å². The van der Waals surface area contributed by atoms with Crippen LogP contribution in [0.15, 0.2) is 23.1 Å². The van der Waals surface area contributed by atoms with Crippen molar-refractivity contribution in [3.63, 3.8) is 0 Å². The van der Waals surface area contributed by atoms with Gasteiger partial charge in [0.15, 0.2) is 0 Å². The second-order valence-corrected chi connectivity index (χ2v) is 11.1. The number of likely N-dealkylation sites (N-methyl/N-ethyl adjacent to an activating group) is 2. The van der Waals surface area contributed by atoms with Crippen LogP contribution >= 0.6 is 11.8 Å². The number of unbranched alkanes of at least 4 members (excludes halogenated alkanes) is 5. The van der Waals surface area contributed by atoms with Crippen LogP contribution in [0.25, 0.3) is 0 Å². The van der Waals surface area contributed by atoms with Crippen molar-refractivity contribution in [2.45, 2.75) is 68.8 Å². The summed E-state index contributed by atoms with van der Waals surface area (Å²) in [5.41, 5.74) is 1.59. The quantitative estimate of drug-likeness (QED) is 0.181. The number of carbonyl (C=O) groups is 3. The molecular weight excluding hydrogens is 460 g/mol. The molecule has 2 aliphatic heterocycles. The minimum atomic E-state index is -0.343. The Balaban J connectivity index is 1.32. The van der Waals surface area contributed by atoms with E-state index in [0.717, 1.165) is 22.5 Å². The van der Waals surface area contributed by atoms with E-state index in [-0.39, 0.29) is 17.9 Å². The largest absolute Gasteiger partial charge is 0.304 e. The number of hydrogen-bond donors (Lipinski definition) is 1. The van der Waals surface area contributed by atoms with Gasteiger partial charge in [0.2, 0.25) is 11.8 Å². The monoisotopic (exact) mass is 502 g/mol. The first kappa shape index (κ1) is 27.8. The van der Waals surface area contributed by atoms with Crippen molar-refractivity contribution in [2.75, 3.05) is 52.6 Å². The van der Waals surface area contributed by atoms with Gasteiger partial charge in [-0.3, -0.25) is 24.6 Å². The van der Waals surface area contributed by atoms with Crippen molar-refractivity contribution in [3.05, 3.63) is 29.3 Å². The van der Waals surface area contributed by atoms with Crippen LogP contribution in [0.4, 0.5) is 0 Å². The molecule has 2 saturated heterocycles. The lowest BCUT2D eigenvalue weighted by molar-refractivity contribution is -0.137. The van der Waals surface area contributed by atoms with Crippen molar-refractivity contribution >= 4 is 29.9 Å². The third-order valence-corrected chi connectivity index (χ3v) is 8.22. The summed E-state index contributed by atoms with van der Waals surface area (Å²) >= 11 is 1.84. The summed E-state index contributed by atoms with van der Waals surface area (Å²) in [5.74, 6) is 0.614. The van der Waals surface area contributed by atoms with Gasteiger partial charge in [0.05, 0.1) is 6.04 Å². The van der Waals surface area contributed by atoms with Crippen LogP contribution in [0.3, 0.4) is 0 Å². The molecule has 0 aliphatic carbocycles. The average molecular weight is 503 g/mol. The molecule has 1 aromatic rings. The number of rotatable bonds is 14. The van der Waals surface area contributed by atoms with E-state index in [0.29, 0.717) is 24.9 Å². The minimum Gasteiger partial charge on any atom is -0.304 e. The highest BCUT2D eigenvalue weighted by Crippen LogP contribution is 2.24. The molecular formula is C27H42N4O3S. The predicted molar refractivity (Wildman–Crippen MR) is 142 cm³/mol. The number of amides is 2. The zero-order valence-corrected chi connectivity index (χ0v) is 22.3. The Morgan fingerprint density at radius 2 is 1.77 bits per heavy atom. The van der Waals surface area contributed by atoms with Gasteiger partial charge < -0.3 is 9.80 Å². The standard InChI is InChI=1S/C27H42N4O3S/c1-29-14-16-31(17-15-29)13-7-5-3-4-6-8-18-35-24-10-9-22(21-32)23(19-24)20-30(2)25-11-12-26(33)28-27(25)34/h9-10,19,21,25H,3-8,11-18,20H2,1-2H3,(H,28,33,34). The van der Waals surface area contributed by atoms with Crippen LogP contribution in [0.1, 0.15) is 67.3 Å². The number of benzene rings is 1. The molecule has 194 valence electrons. The topological polar surface area (TPSA) is 73.0 Å². The van der Waals surface area contributed by atoms with E-state index in [1.54, 1.807) is 0 Å². The lowest BCUT2D eigenvalue weighted by Crippen LogP contribution is -2.51. The van der Waals surface area contributed by atoms with Gasteiger partial charge >= 0.3 is 0 Å². The smallest absolute Gasteiger partial charge is 0.243 e. The van der Waals surface area contributed by atoms with E-state index in [2.05, 4.69) is 28.2 Å². The van der Waals surface area contributed by atoms with Crippen LogP contribution in [-0.4, -0.2) is 91.4 Å². The van der Waals surface area contributed by atoms with Gasteiger partial charge in [-0.25, -0.2) is 0 Å². The zero-order chi connectivity index (χ0) is 25.0. The van der Waals surface area contributed by atoms with Crippen LogP contribution in [-0.2, 0) is 16.1 Å². The Hall–Kier alpha value is -1.74. The first-order valence-electron chi connectivity index (χ1n) is 13.1. The van der Waals surface area contributed by atoms with Gasteiger partial charge in [0.25, 0.3) is 0 Å². The summed E-state index contributed by atoms with van der Waals surface area (Å²) in [5, 5.41) is 2.41. The first-order chi connectivity index (χ1) is 17.0. The molecule has 1 N–H and O–H groups in total. The highest BCUT2D eigenvalue weighted by molar-refractivity contribution is 7.99. The molecule has 0 radical (unpaired) electrons. The molecule has 1 unspecified atom stereocenters. The van der Waals surface area contributed by atoms with Crippen LogP contribution in [0.2, 0.25) is 0 Å². The summed E-state index contributed by atoms with van der Waals surface area (Å²) in [6, 6.07) is 5.63. The maximum absolute atomic E-state index is 12.2. The fourth-order valence-corrected chi connectivity index (χ4v) is 5.79. The Bertz CT molecular complexity index is 842. The van der Waals surface area contributed by atoms with Gasteiger partial charge in [0, 0.05) is 49.6 Å². The molecule has 2 heterocycles. The van der Waals surface area contributed by atoms with Crippen molar-refractivity contribution < 1.29 is 14.4 Å². The molecule has 35 heavy (non-hydrogen) atoms. The Labute approximate surface area is 215 Å². The van der Waals surface area contributed by atoms with Crippen LogP contribution in [0, 0.1) is 0 Å². The molecule has 8 heteroatoms. The molecule has 3 rings (SSSR count). The Kier molecular flexibility index (Phi) is 11.7. The van der Waals surface area contributed by atoms with Crippen molar-refractivity contribution in [1.82, 2.24) is 20.0 Å². The molecule has 1 atom stereocenters. The molecule has 2 aliphatic rings. The van der Waals surface area contributed by atoms with Gasteiger partial charge in [-0.05, 0) is 63.4 Å². The summed E-state index contributed by atoms with van der Waals surface area (Å²) in [4.78, 5) is 43.3. The lowest BCUT2D eigenvalue weighted by atomic mass is 10.0. The zero-order valence-electron chi connectivity index (χ0n) is 21.5. The maximum Gasteiger partial charge on any atom is 0.243 e. The Morgan fingerprint density at radius 3 is 2.49 bits per heavy atom. The number of piperazine rings is 1. The number of imide groups is 1. The summed E-state index contributed by atoms with van der Waals surface area (Å²) < 4.78 is 0. The van der Waals surface area contributed by atoms with E-state index in [9.17, 15) is 14.4 Å². The highest BCUT2D eigenvalue weighted by atomic mass is 32.2. The highest BCUT2D eigenvalue weighted by Gasteiger charge is 2.30. The average Bonchev–Trinajstić information content (AvgIpc) is 2.84. The van der Waals surface area contributed by atoms with Crippen molar-refractivity contribution in [1.29, 1.82) is 0 Å². The summed E-state index contributed by atoms with van der Waals surface area (Å²) in [7, 11) is 4.08. The fraction of sp³-hybridized carbons (Fsp3) is 0.667. The molecule has 0 spiro atoms. The molecule has 7 nitrogen and oxygen atoms in total. The van der Waals surface area contributed by atoms with Gasteiger partial charge in [-0.1, -0.05) is 31.7 Å². The molecule has 2 fully saturated rings. The third-order valence-electron chi connectivity index (χ3n) is 7.14. The molecule has 0 bridgehead atoms. The number of nitrogens with zero attached hydrogens (tertiary/aromatic N) is 3. The number of carbonyl (C=O) groups excluding carboxylic acids is 3. The summed E-state index contributed by atoms with van der Waals surface area (Å²) in [6.07, 6.45) is 9.48. The number of hydrogen-bond acceptors (Lipinski definition) is 7. The second-order valence-electron chi connectivity index (χ2n) is 9.98. The number of thioether (sulfide) groups is 1. The van der Waals surface area contributed by atoms with Crippen LogP contribution < -0.4 is 5.32 Å². The first-order valence-corrected chi connectivity index (χ1v) is 14.1. The van der Waals surface area contributed by atoms with Gasteiger partial charge in [-0.2, -0.15) is 0 Å². The fourth-order valence-electron chi connectivity index (χ4n) is 4.81. The minimum absolute atomic E-state index is 0.211. The van der Waals surface area contributed by atoms with E-state index in [1.165, 1.54) is 71.2 Å². The predicted octanol–water partition coefficient (Wildman–Crippen LogP) is 3.42. The third kappa shape index (κ3) is 9.33. The summed E-state index contributed by atoms with van der Waals surface area (Å²) in [6.45, 7) is 6.60. The second kappa shape index (κ2) is 14.7. The molecule has 0 saturated carbocycles. The van der Waals surface area contributed by atoms with E-state index >= 15 is 0 Å². The lowest BCUT2D eigenvalue weighted by Gasteiger charge is -2.32. The van der Waals surface area contributed by atoms with Crippen molar-refractivity contribution in [2.24, 2.45) is 0 Å². The number of aldehydes is 1. The maximum atomic E-state index is 12.2. The number of nitrogens with one attached hydrogen (secondary N) is 1. The van der Waals surface area contributed by atoms with E-state index in [4.69, 9.17) is 0 Å². The van der Waals surface area contributed by atoms with Crippen LogP contribution in [0.5, 0.6) is 0 Å². The molecule has 0 aromatic heterocycles.